The van der Waals surface area contributed by atoms with E-state index in [9.17, 15) is 9.59 Å². The van der Waals surface area contributed by atoms with Gasteiger partial charge in [-0.3, -0.25) is 9.59 Å². The predicted molar refractivity (Wildman–Crippen MR) is 87.0 cm³/mol. The third-order valence-corrected chi connectivity index (χ3v) is 3.43. The molecule has 0 aromatic rings. The van der Waals surface area contributed by atoms with Crippen molar-refractivity contribution in [2.24, 2.45) is 0 Å². The summed E-state index contributed by atoms with van der Waals surface area (Å²) in [7, 11) is 0. The van der Waals surface area contributed by atoms with Crippen LogP contribution in [0.4, 0.5) is 0 Å². The lowest BCUT2D eigenvalue weighted by Gasteiger charge is -2.01. The van der Waals surface area contributed by atoms with Gasteiger partial charge in [-0.05, 0) is 12.8 Å². The minimum absolute atomic E-state index is 0.192. The number of carbonyl (C=O) groups is 2. The molecule has 0 amide bonds. The highest BCUT2D eigenvalue weighted by atomic mass is 16.6. The number of unbranched alkanes of at least 4 members (excludes halogenated alkanes) is 10. The van der Waals surface area contributed by atoms with E-state index in [-0.39, 0.29) is 6.42 Å². The van der Waals surface area contributed by atoms with Gasteiger partial charge in [0.05, 0.1) is 6.42 Å². The number of hydrogen-bond donors (Lipinski definition) is 0. The molecule has 0 saturated heterocycles. The summed E-state index contributed by atoms with van der Waals surface area (Å²) in [5, 5.41) is 0. The van der Waals surface area contributed by atoms with Gasteiger partial charge in [0.2, 0.25) is 0 Å². The Kier molecular flexibility index (Phi) is 14.5. The molecule has 0 aliphatic rings. The van der Waals surface area contributed by atoms with E-state index in [1.165, 1.54) is 71.1 Å². The number of esters is 2. The number of hydrogen-bond acceptors (Lipinski definition) is 3. The van der Waals surface area contributed by atoms with Gasteiger partial charge in [-0.25, -0.2) is 0 Å². The molecule has 0 spiro atoms. The highest BCUT2D eigenvalue weighted by Crippen LogP contribution is 2.11. The fourth-order valence-electron chi connectivity index (χ4n) is 2.25. The van der Waals surface area contributed by atoms with Gasteiger partial charge in [0.15, 0.2) is 0 Å². The lowest BCUT2D eigenvalue weighted by atomic mass is 10.1. The van der Waals surface area contributed by atoms with Gasteiger partial charge < -0.3 is 4.74 Å². The summed E-state index contributed by atoms with van der Waals surface area (Å²) < 4.78 is 4.43. The first-order chi connectivity index (χ1) is 10.2. The maximum atomic E-state index is 11.1. The van der Waals surface area contributed by atoms with E-state index in [0.29, 0.717) is 0 Å². The van der Waals surface area contributed by atoms with E-state index in [1.54, 1.807) is 6.08 Å². The van der Waals surface area contributed by atoms with Crippen molar-refractivity contribution in [2.75, 3.05) is 0 Å². The second-order valence-electron chi connectivity index (χ2n) is 5.61. The maximum Gasteiger partial charge on any atom is 0.317 e. The molecule has 0 aromatic heterocycles. The van der Waals surface area contributed by atoms with E-state index >= 15 is 0 Å². The fourth-order valence-corrected chi connectivity index (χ4v) is 2.25. The molecule has 122 valence electrons. The molecule has 0 aliphatic carbocycles. The first kappa shape index (κ1) is 19.9. The molecule has 3 nitrogen and oxygen atoms in total. The third-order valence-electron chi connectivity index (χ3n) is 3.43. The lowest BCUT2D eigenvalue weighted by Crippen LogP contribution is -2.07. The predicted octanol–water partition coefficient (Wildman–Crippen LogP) is 5.33. The number of rotatable bonds is 13. The van der Waals surface area contributed by atoms with Crippen LogP contribution in [0.15, 0.2) is 12.2 Å². The largest absolute Gasteiger partial charge is 0.393 e. The molecular weight excluding hydrogens is 264 g/mol. The molecule has 0 atom stereocenters. The SMILES string of the molecule is CCCCCCCCCCCC/C=C\CC(=O)OC(C)=O. The maximum absolute atomic E-state index is 11.1. The Morgan fingerprint density at radius 2 is 1.33 bits per heavy atom. The molecule has 21 heavy (non-hydrogen) atoms. The van der Waals surface area contributed by atoms with Gasteiger partial charge in [0.1, 0.15) is 0 Å². The van der Waals surface area contributed by atoms with Crippen molar-refractivity contribution in [3.05, 3.63) is 12.2 Å². The molecule has 0 heterocycles. The average Bonchev–Trinajstić information content (AvgIpc) is 2.43. The third kappa shape index (κ3) is 16.8. The first-order valence-electron chi connectivity index (χ1n) is 8.53. The van der Waals surface area contributed by atoms with Crippen LogP contribution in [-0.4, -0.2) is 11.9 Å². The molecule has 0 aromatic carbocycles. The second kappa shape index (κ2) is 15.3. The molecule has 0 saturated carbocycles. The molecule has 0 fully saturated rings. The zero-order chi connectivity index (χ0) is 15.8. The van der Waals surface area contributed by atoms with Crippen LogP contribution in [0.25, 0.3) is 0 Å². The molecular formula is C18H32O3. The highest BCUT2D eigenvalue weighted by Gasteiger charge is 2.01. The van der Waals surface area contributed by atoms with Gasteiger partial charge in [-0.1, -0.05) is 76.9 Å². The number of carbonyl (C=O) groups excluding carboxylic acids is 2. The van der Waals surface area contributed by atoms with E-state index in [4.69, 9.17) is 0 Å². The van der Waals surface area contributed by atoms with Crippen LogP contribution in [-0.2, 0) is 14.3 Å². The summed E-state index contributed by atoms with van der Waals surface area (Å²) in [6.07, 6.45) is 18.3. The molecule has 0 aliphatic heterocycles. The van der Waals surface area contributed by atoms with Crippen molar-refractivity contribution in [2.45, 2.75) is 90.9 Å². The normalized spacial score (nSPS) is 11.0. The van der Waals surface area contributed by atoms with Crippen molar-refractivity contribution in [1.29, 1.82) is 0 Å². The van der Waals surface area contributed by atoms with Gasteiger partial charge in [0.25, 0.3) is 0 Å². The van der Waals surface area contributed by atoms with Gasteiger partial charge in [-0.2, -0.15) is 0 Å². The molecule has 3 heteroatoms. The number of allylic oxidation sites excluding steroid dienone is 1. The molecule has 0 radical (unpaired) electrons. The second-order valence-corrected chi connectivity index (χ2v) is 5.61. The molecule has 0 rings (SSSR count). The number of ether oxygens (including phenoxy) is 1. The van der Waals surface area contributed by atoms with Gasteiger partial charge in [-0.15, -0.1) is 0 Å². The zero-order valence-electron chi connectivity index (χ0n) is 13.9. The summed E-state index contributed by atoms with van der Waals surface area (Å²) in [4.78, 5) is 21.6. The van der Waals surface area contributed by atoms with Crippen molar-refractivity contribution >= 4 is 11.9 Å². The minimum Gasteiger partial charge on any atom is -0.393 e. The van der Waals surface area contributed by atoms with Gasteiger partial charge >= 0.3 is 11.9 Å². The van der Waals surface area contributed by atoms with E-state index < -0.39 is 11.9 Å². The Morgan fingerprint density at radius 1 is 0.810 bits per heavy atom. The van der Waals surface area contributed by atoms with E-state index in [2.05, 4.69) is 11.7 Å². The summed E-state index contributed by atoms with van der Waals surface area (Å²) in [6, 6.07) is 0. The van der Waals surface area contributed by atoms with Crippen LogP contribution in [0.1, 0.15) is 90.9 Å². The summed E-state index contributed by atoms with van der Waals surface area (Å²) >= 11 is 0. The van der Waals surface area contributed by atoms with Crippen molar-refractivity contribution in [1.82, 2.24) is 0 Å². The van der Waals surface area contributed by atoms with Crippen LogP contribution < -0.4 is 0 Å². The Labute approximate surface area is 130 Å². The minimum atomic E-state index is -0.539. The van der Waals surface area contributed by atoms with Crippen LogP contribution in [0, 0.1) is 0 Å². The molecule has 0 unspecified atom stereocenters. The van der Waals surface area contributed by atoms with Crippen LogP contribution in [0.5, 0.6) is 0 Å². The monoisotopic (exact) mass is 296 g/mol. The van der Waals surface area contributed by atoms with Crippen LogP contribution in [0.3, 0.4) is 0 Å². The summed E-state index contributed by atoms with van der Waals surface area (Å²) in [5.41, 5.74) is 0. The first-order valence-corrected chi connectivity index (χ1v) is 8.53. The fraction of sp³-hybridized carbons (Fsp3) is 0.778. The van der Waals surface area contributed by atoms with Gasteiger partial charge in [0, 0.05) is 6.92 Å². The Morgan fingerprint density at radius 3 is 1.86 bits per heavy atom. The van der Waals surface area contributed by atoms with E-state index in [1.807, 2.05) is 6.08 Å². The smallest absolute Gasteiger partial charge is 0.317 e. The van der Waals surface area contributed by atoms with Crippen molar-refractivity contribution in [3.63, 3.8) is 0 Å². The Hall–Kier alpha value is -1.12. The Bertz CT molecular complexity index is 295. The molecule has 0 bridgehead atoms. The van der Waals surface area contributed by atoms with Crippen molar-refractivity contribution in [3.8, 4) is 0 Å². The Balaban J connectivity index is 3.21. The quantitative estimate of drug-likeness (QED) is 0.199. The van der Waals surface area contributed by atoms with E-state index in [0.717, 1.165) is 6.42 Å². The zero-order valence-corrected chi connectivity index (χ0v) is 13.9. The summed E-state index contributed by atoms with van der Waals surface area (Å²) in [6.45, 7) is 3.49. The lowest BCUT2D eigenvalue weighted by molar-refractivity contribution is -0.157. The van der Waals surface area contributed by atoms with Crippen LogP contribution >= 0.6 is 0 Å². The van der Waals surface area contributed by atoms with Crippen LogP contribution in [0.2, 0.25) is 0 Å². The molecule has 0 N–H and O–H groups in total. The standard InChI is InChI=1S/C18H32O3/c1-3-4-5-6-7-8-9-10-11-12-13-14-15-16-18(20)21-17(2)19/h14-15H,3-13,16H2,1-2H3/b15-14-. The average molecular weight is 296 g/mol. The topological polar surface area (TPSA) is 43.4 Å². The summed E-state index contributed by atoms with van der Waals surface area (Å²) in [5.74, 6) is -1.01. The van der Waals surface area contributed by atoms with Crippen molar-refractivity contribution < 1.29 is 14.3 Å². The highest BCUT2D eigenvalue weighted by molar-refractivity contribution is 5.84.